The number of halogens is 2. The lowest BCUT2D eigenvalue weighted by Crippen LogP contribution is -2.36. The van der Waals surface area contributed by atoms with Crippen LogP contribution in [0.15, 0.2) is 0 Å². The first-order valence-corrected chi connectivity index (χ1v) is 8.78. The fraction of sp³-hybridized carbons (Fsp3) is 0.750. The number of carbonyl (C=O) groups excluding carboxylic acids is 1. The van der Waals surface area contributed by atoms with Crippen LogP contribution >= 0.6 is 36.2 Å². The molecule has 134 valence electrons. The molecule has 0 aliphatic carbocycles. The van der Waals surface area contributed by atoms with Crippen molar-refractivity contribution < 1.29 is 4.79 Å². The zero-order valence-corrected chi connectivity index (χ0v) is 16.6. The highest BCUT2D eigenvalue weighted by molar-refractivity contribution is 7.11. The van der Waals surface area contributed by atoms with Gasteiger partial charge in [0.2, 0.25) is 5.91 Å². The molecular weight excluding hydrogens is 353 g/mol. The Kier molecular flexibility index (Phi) is 11.1. The Hall–Kier alpha value is -0.360. The van der Waals surface area contributed by atoms with Crippen molar-refractivity contribution in [2.24, 2.45) is 11.8 Å². The normalized spacial score (nSPS) is 18.5. The molecule has 1 aliphatic heterocycles. The van der Waals surface area contributed by atoms with Crippen LogP contribution in [0.4, 0.5) is 0 Å². The Morgan fingerprint density at radius 1 is 1.43 bits per heavy atom. The zero-order valence-electron chi connectivity index (χ0n) is 14.2. The predicted molar refractivity (Wildman–Crippen MR) is 102 cm³/mol. The molecule has 1 fully saturated rings. The summed E-state index contributed by atoms with van der Waals surface area (Å²) in [4.78, 5) is 17.7. The van der Waals surface area contributed by atoms with Gasteiger partial charge in [-0.25, -0.2) is 4.98 Å². The van der Waals surface area contributed by atoms with Gasteiger partial charge in [-0.05, 0) is 51.6 Å². The molecule has 2 N–H and O–H groups in total. The van der Waals surface area contributed by atoms with Crippen LogP contribution in [-0.2, 0) is 11.2 Å². The Labute approximate surface area is 156 Å². The molecule has 2 unspecified atom stereocenters. The second-order valence-corrected chi connectivity index (χ2v) is 7.42. The summed E-state index contributed by atoms with van der Waals surface area (Å²) in [7, 11) is 0. The van der Waals surface area contributed by atoms with Crippen LogP contribution in [0.3, 0.4) is 0 Å². The molecule has 0 bridgehead atoms. The first kappa shape index (κ1) is 22.6. The molecule has 1 aromatic heterocycles. The van der Waals surface area contributed by atoms with Gasteiger partial charge in [0.25, 0.3) is 0 Å². The van der Waals surface area contributed by atoms with Crippen LogP contribution in [-0.4, -0.2) is 30.5 Å². The van der Waals surface area contributed by atoms with E-state index >= 15 is 0 Å². The summed E-state index contributed by atoms with van der Waals surface area (Å²) in [6, 6.07) is 0. The van der Waals surface area contributed by atoms with Crippen LogP contribution < -0.4 is 10.6 Å². The van der Waals surface area contributed by atoms with Crippen molar-refractivity contribution in [2.45, 2.75) is 46.5 Å². The fourth-order valence-corrected chi connectivity index (χ4v) is 3.95. The second kappa shape index (κ2) is 11.2. The lowest BCUT2D eigenvalue weighted by Gasteiger charge is -2.28. The van der Waals surface area contributed by atoms with Gasteiger partial charge in [-0.2, -0.15) is 0 Å². The van der Waals surface area contributed by atoms with Gasteiger partial charge >= 0.3 is 0 Å². The highest BCUT2D eigenvalue weighted by atomic mass is 35.5. The molecule has 7 heteroatoms. The van der Waals surface area contributed by atoms with Crippen LogP contribution in [0.1, 0.15) is 41.8 Å². The number of aromatic nitrogens is 1. The molecule has 23 heavy (non-hydrogen) atoms. The second-order valence-electron chi connectivity index (χ2n) is 6.13. The van der Waals surface area contributed by atoms with Crippen LogP contribution in [0.5, 0.6) is 0 Å². The summed E-state index contributed by atoms with van der Waals surface area (Å²) in [5.41, 5.74) is 1.10. The number of nitrogens with one attached hydrogen (secondary N) is 2. The third-order valence-electron chi connectivity index (χ3n) is 4.32. The highest BCUT2D eigenvalue weighted by Gasteiger charge is 2.21. The Morgan fingerprint density at radius 3 is 2.74 bits per heavy atom. The Morgan fingerprint density at radius 2 is 2.17 bits per heavy atom. The van der Waals surface area contributed by atoms with Gasteiger partial charge in [0.05, 0.1) is 10.7 Å². The van der Waals surface area contributed by atoms with Crippen LogP contribution in [0.25, 0.3) is 0 Å². The Bertz CT molecular complexity index is 476. The van der Waals surface area contributed by atoms with Gasteiger partial charge < -0.3 is 10.6 Å². The molecule has 1 amide bonds. The lowest BCUT2D eigenvalue weighted by molar-refractivity contribution is -0.122. The van der Waals surface area contributed by atoms with E-state index in [-0.39, 0.29) is 30.7 Å². The largest absolute Gasteiger partial charge is 0.356 e. The molecule has 1 saturated heterocycles. The molecule has 4 nitrogen and oxygen atoms in total. The number of nitrogens with zero attached hydrogens (tertiary/aromatic N) is 1. The maximum Gasteiger partial charge on any atom is 0.220 e. The summed E-state index contributed by atoms with van der Waals surface area (Å²) in [5.74, 6) is 1.30. The average molecular weight is 382 g/mol. The van der Waals surface area contributed by atoms with E-state index in [9.17, 15) is 4.79 Å². The van der Waals surface area contributed by atoms with Crippen molar-refractivity contribution in [1.82, 2.24) is 15.6 Å². The summed E-state index contributed by atoms with van der Waals surface area (Å²) < 4.78 is 0. The fourth-order valence-electron chi connectivity index (χ4n) is 3.02. The molecule has 2 rings (SSSR count). The predicted octanol–water partition coefficient (Wildman–Crippen LogP) is 3.29. The van der Waals surface area contributed by atoms with Crippen molar-refractivity contribution in [3.8, 4) is 0 Å². The van der Waals surface area contributed by atoms with Crippen molar-refractivity contribution in [2.75, 3.05) is 19.6 Å². The van der Waals surface area contributed by atoms with E-state index < -0.39 is 0 Å². The summed E-state index contributed by atoms with van der Waals surface area (Å²) in [5, 5.41) is 7.59. The first-order chi connectivity index (χ1) is 10.1. The number of amides is 1. The lowest BCUT2D eigenvalue weighted by atomic mass is 9.85. The van der Waals surface area contributed by atoms with Gasteiger partial charge in [0.1, 0.15) is 0 Å². The van der Waals surface area contributed by atoms with Gasteiger partial charge in [0, 0.05) is 24.3 Å². The number of aryl methyl sites for hydroxylation is 2. The third kappa shape index (κ3) is 7.38. The van der Waals surface area contributed by atoms with Crippen LogP contribution in [0, 0.1) is 25.7 Å². The monoisotopic (exact) mass is 381 g/mol. The molecule has 0 spiro atoms. The number of piperidine rings is 1. The van der Waals surface area contributed by atoms with Gasteiger partial charge in [-0.3, -0.25) is 4.79 Å². The minimum atomic E-state index is 0. The quantitative estimate of drug-likeness (QED) is 0.794. The molecule has 2 atom stereocenters. The van der Waals surface area contributed by atoms with E-state index in [0.29, 0.717) is 18.3 Å². The van der Waals surface area contributed by atoms with E-state index in [1.807, 2.05) is 13.8 Å². The molecule has 1 aliphatic rings. The first-order valence-electron chi connectivity index (χ1n) is 7.96. The number of rotatable bonds is 6. The molecule has 0 aromatic carbocycles. The van der Waals surface area contributed by atoms with Crippen molar-refractivity contribution >= 4 is 42.1 Å². The van der Waals surface area contributed by atoms with Gasteiger partial charge in [0.15, 0.2) is 0 Å². The maximum absolute atomic E-state index is 12.0. The number of hydrogen-bond donors (Lipinski definition) is 2. The number of hydrogen-bond acceptors (Lipinski definition) is 4. The minimum absolute atomic E-state index is 0. The highest BCUT2D eigenvalue weighted by Crippen LogP contribution is 2.22. The zero-order chi connectivity index (χ0) is 15.2. The average Bonchev–Trinajstić information content (AvgIpc) is 2.78. The molecule has 1 aromatic rings. The van der Waals surface area contributed by atoms with Gasteiger partial charge in [-0.1, -0.05) is 6.92 Å². The SMILES string of the molecule is Cc1nc(C)c(CCNC(=O)CC(C)C2CCCNC2)s1.Cl.Cl. The van der Waals surface area contributed by atoms with E-state index in [4.69, 9.17) is 0 Å². The van der Waals surface area contributed by atoms with E-state index in [1.165, 1.54) is 17.7 Å². The van der Waals surface area contributed by atoms with Crippen molar-refractivity contribution in [1.29, 1.82) is 0 Å². The molecule has 0 saturated carbocycles. The third-order valence-corrected chi connectivity index (χ3v) is 5.45. The van der Waals surface area contributed by atoms with E-state index in [0.717, 1.165) is 36.8 Å². The van der Waals surface area contributed by atoms with Crippen LogP contribution in [0.2, 0.25) is 0 Å². The molecular formula is C16H29Cl2N3OS. The molecule has 2 heterocycles. The standard InChI is InChI=1S/C16H27N3OS.2ClH/c1-11(14-5-4-7-17-10-14)9-16(20)18-8-6-15-12(2)19-13(3)21-15;;/h11,14,17H,4-10H2,1-3H3,(H,18,20);2*1H. The Balaban J connectivity index is 0.00000242. The minimum Gasteiger partial charge on any atom is -0.356 e. The topological polar surface area (TPSA) is 54.0 Å². The molecule has 0 radical (unpaired) electrons. The number of carbonyl (C=O) groups is 1. The summed E-state index contributed by atoms with van der Waals surface area (Å²) in [6.07, 6.45) is 4.02. The van der Waals surface area contributed by atoms with E-state index in [1.54, 1.807) is 11.3 Å². The van der Waals surface area contributed by atoms with Gasteiger partial charge in [-0.15, -0.1) is 36.2 Å². The summed E-state index contributed by atoms with van der Waals surface area (Å²) >= 11 is 1.73. The van der Waals surface area contributed by atoms with Crippen molar-refractivity contribution in [3.05, 3.63) is 15.6 Å². The maximum atomic E-state index is 12.0. The van der Waals surface area contributed by atoms with E-state index in [2.05, 4.69) is 22.5 Å². The smallest absolute Gasteiger partial charge is 0.220 e. The van der Waals surface area contributed by atoms with Crippen molar-refractivity contribution in [3.63, 3.8) is 0 Å². The summed E-state index contributed by atoms with van der Waals surface area (Å²) in [6.45, 7) is 9.18. The number of thiazole rings is 1.